The topological polar surface area (TPSA) is 175 Å². The van der Waals surface area contributed by atoms with Gasteiger partial charge in [0.2, 0.25) is 15.2 Å². The average Bonchev–Trinajstić information content (AvgIpc) is 2.97. The first kappa shape index (κ1) is 27.3. The van der Waals surface area contributed by atoms with Crippen molar-refractivity contribution < 1.29 is 23.1 Å². The molecule has 0 aliphatic heterocycles. The molecule has 0 spiro atoms. The van der Waals surface area contributed by atoms with Gasteiger partial charge in [0.25, 0.3) is 5.91 Å². The average molecular weight is 568 g/mol. The minimum absolute atomic E-state index is 0.0388. The lowest BCUT2D eigenvalue weighted by Gasteiger charge is -2.18. The van der Waals surface area contributed by atoms with Gasteiger partial charge in [-0.05, 0) is 46.7 Å². The van der Waals surface area contributed by atoms with Crippen molar-refractivity contribution in [2.75, 3.05) is 5.32 Å². The number of para-hydroxylation sites is 1. The Balaban J connectivity index is 1.39. The predicted octanol–water partition coefficient (Wildman–Crippen LogP) is 3.90. The van der Waals surface area contributed by atoms with Crippen LogP contribution >= 0.6 is 0 Å². The molecule has 1 heterocycles. The molecule has 1 atom stereocenters. The van der Waals surface area contributed by atoms with Gasteiger partial charge >= 0.3 is 5.97 Å². The van der Waals surface area contributed by atoms with Gasteiger partial charge in [0, 0.05) is 34.9 Å². The van der Waals surface area contributed by atoms with Gasteiger partial charge < -0.3 is 21.5 Å². The molecule has 0 bridgehead atoms. The Morgan fingerprint density at radius 1 is 0.927 bits per heavy atom. The van der Waals surface area contributed by atoms with Gasteiger partial charge in [-0.15, -0.1) is 0 Å². The first-order valence-corrected chi connectivity index (χ1v) is 14.0. The number of fused-ring (bicyclic) bond motifs is 2. The summed E-state index contributed by atoms with van der Waals surface area (Å²) in [6, 6.07) is 24.8. The van der Waals surface area contributed by atoms with Gasteiger partial charge in [-0.1, -0.05) is 60.7 Å². The van der Waals surface area contributed by atoms with Crippen LogP contribution in [0.25, 0.3) is 21.7 Å². The molecular weight excluding hydrogens is 542 g/mol. The number of amidine groups is 1. The van der Waals surface area contributed by atoms with E-state index >= 15 is 0 Å². The van der Waals surface area contributed by atoms with Crippen LogP contribution in [-0.4, -0.2) is 41.6 Å². The number of nitrogen functional groups attached to an aromatic ring is 1. The van der Waals surface area contributed by atoms with Gasteiger partial charge in [0.15, 0.2) is 0 Å². The van der Waals surface area contributed by atoms with Crippen LogP contribution < -0.4 is 16.4 Å². The van der Waals surface area contributed by atoms with Gasteiger partial charge in [-0.2, -0.15) is 0 Å². The number of nitrogens with zero attached hydrogens (tertiary/aromatic N) is 1. The van der Waals surface area contributed by atoms with Crippen molar-refractivity contribution in [1.82, 2.24) is 10.3 Å². The van der Waals surface area contributed by atoms with E-state index in [0.29, 0.717) is 27.3 Å². The minimum atomic E-state index is -4.40. The first-order chi connectivity index (χ1) is 19.6. The number of benzene rings is 4. The molecule has 10 nitrogen and oxygen atoms in total. The van der Waals surface area contributed by atoms with E-state index in [1.54, 1.807) is 78.9 Å². The lowest BCUT2D eigenvalue weighted by atomic mass is 10.0. The number of amides is 1. The van der Waals surface area contributed by atoms with Crippen LogP contribution in [0.4, 0.5) is 5.69 Å². The molecule has 5 rings (SSSR count). The Labute approximate surface area is 235 Å². The van der Waals surface area contributed by atoms with Gasteiger partial charge in [0.05, 0.1) is 10.4 Å². The lowest BCUT2D eigenvalue weighted by Crippen LogP contribution is -2.37. The zero-order chi connectivity index (χ0) is 29.1. The van der Waals surface area contributed by atoms with Crippen molar-refractivity contribution in [1.29, 1.82) is 5.41 Å². The highest BCUT2D eigenvalue weighted by Crippen LogP contribution is 2.28. The van der Waals surface area contributed by atoms with E-state index in [1.165, 1.54) is 18.3 Å². The number of nitrogens with one attached hydrogen (secondary N) is 3. The van der Waals surface area contributed by atoms with Crippen molar-refractivity contribution in [3.8, 4) is 0 Å². The monoisotopic (exact) mass is 567 g/mol. The van der Waals surface area contributed by atoms with Crippen molar-refractivity contribution >= 4 is 54.9 Å². The Hall–Kier alpha value is -5.29. The van der Waals surface area contributed by atoms with Crippen LogP contribution in [0, 0.1) is 5.41 Å². The number of carbonyl (C=O) groups is 2. The fourth-order valence-electron chi connectivity index (χ4n) is 4.51. The second-order valence-electron chi connectivity index (χ2n) is 9.27. The maximum absolute atomic E-state index is 13.5. The molecule has 0 radical (unpaired) electrons. The van der Waals surface area contributed by atoms with Crippen molar-refractivity contribution in [2.45, 2.75) is 16.8 Å². The maximum atomic E-state index is 13.5. The number of anilines is 1. The SMILES string of the molecule is N=C(N)c1ccc(CNC(=O)c2cccc3cc(NC(C(=O)O)S(=O)(=O)c4cccc5cccnc45)ccc23)cc1. The van der Waals surface area contributed by atoms with E-state index in [4.69, 9.17) is 11.1 Å². The van der Waals surface area contributed by atoms with E-state index in [2.05, 4.69) is 15.6 Å². The molecule has 0 saturated carbocycles. The molecule has 0 saturated heterocycles. The summed E-state index contributed by atoms with van der Waals surface area (Å²) >= 11 is 0. The molecular formula is C30H25N5O5S. The smallest absolute Gasteiger partial charge is 0.342 e. The number of hydrogen-bond acceptors (Lipinski definition) is 7. The third-order valence-corrected chi connectivity index (χ3v) is 8.46. The number of rotatable bonds is 9. The number of carbonyl (C=O) groups excluding carboxylic acids is 1. The largest absolute Gasteiger partial charge is 0.479 e. The quantitative estimate of drug-likeness (QED) is 0.132. The van der Waals surface area contributed by atoms with Crippen LogP contribution in [0.1, 0.15) is 21.5 Å². The molecule has 1 unspecified atom stereocenters. The third-order valence-electron chi connectivity index (χ3n) is 6.58. The van der Waals surface area contributed by atoms with Crippen LogP contribution in [0.5, 0.6) is 0 Å². The van der Waals surface area contributed by atoms with Crippen LogP contribution in [0.3, 0.4) is 0 Å². The molecule has 1 aromatic heterocycles. The number of pyridine rings is 1. The molecule has 0 aliphatic rings. The molecule has 1 amide bonds. The molecule has 5 aromatic rings. The highest BCUT2D eigenvalue weighted by molar-refractivity contribution is 7.93. The zero-order valence-electron chi connectivity index (χ0n) is 21.5. The molecule has 11 heteroatoms. The summed E-state index contributed by atoms with van der Waals surface area (Å²) in [5.74, 6) is -1.92. The fraction of sp³-hybridized carbons (Fsp3) is 0.0667. The number of carboxylic acids is 1. The Morgan fingerprint density at radius 3 is 2.37 bits per heavy atom. The normalized spacial score (nSPS) is 12.1. The number of carboxylic acid groups (broad SMARTS) is 1. The molecule has 41 heavy (non-hydrogen) atoms. The summed E-state index contributed by atoms with van der Waals surface area (Å²) in [6.45, 7) is 0.258. The second kappa shape index (κ2) is 11.1. The summed E-state index contributed by atoms with van der Waals surface area (Å²) in [5, 5.41) is 22.7. The minimum Gasteiger partial charge on any atom is -0.479 e. The maximum Gasteiger partial charge on any atom is 0.342 e. The van der Waals surface area contributed by atoms with E-state index in [-0.39, 0.29) is 34.4 Å². The Kier molecular flexibility index (Phi) is 7.36. The highest BCUT2D eigenvalue weighted by Gasteiger charge is 2.35. The van der Waals surface area contributed by atoms with Crippen molar-refractivity contribution in [2.24, 2.45) is 5.73 Å². The predicted molar refractivity (Wildman–Crippen MR) is 157 cm³/mol. The summed E-state index contributed by atoms with van der Waals surface area (Å²) in [4.78, 5) is 29.2. The fourth-order valence-corrected chi connectivity index (χ4v) is 6.03. The second-order valence-corrected chi connectivity index (χ2v) is 11.3. The lowest BCUT2D eigenvalue weighted by molar-refractivity contribution is -0.136. The van der Waals surface area contributed by atoms with E-state index in [0.717, 1.165) is 5.56 Å². The molecule has 0 fully saturated rings. The van der Waals surface area contributed by atoms with Gasteiger partial charge in [-0.25, -0.2) is 13.2 Å². The number of hydrogen-bond donors (Lipinski definition) is 5. The van der Waals surface area contributed by atoms with E-state index < -0.39 is 21.2 Å². The zero-order valence-corrected chi connectivity index (χ0v) is 22.4. The number of aliphatic carboxylic acids is 1. The number of aromatic nitrogens is 1. The number of sulfone groups is 1. The summed E-state index contributed by atoms with van der Waals surface area (Å²) in [5.41, 5.74) is 7.74. The third kappa shape index (κ3) is 5.56. The molecule has 4 aromatic carbocycles. The van der Waals surface area contributed by atoms with Gasteiger partial charge in [-0.3, -0.25) is 15.2 Å². The van der Waals surface area contributed by atoms with Crippen LogP contribution in [-0.2, 0) is 21.2 Å². The highest BCUT2D eigenvalue weighted by atomic mass is 32.2. The molecule has 6 N–H and O–H groups in total. The summed E-state index contributed by atoms with van der Waals surface area (Å²) < 4.78 is 27.0. The van der Waals surface area contributed by atoms with Crippen LogP contribution in [0.15, 0.2) is 102 Å². The van der Waals surface area contributed by atoms with Gasteiger partial charge in [0.1, 0.15) is 5.84 Å². The van der Waals surface area contributed by atoms with Crippen molar-refractivity contribution in [3.63, 3.8) is 0 Å². The first-order valence-electron chi connectivity index (χ1n) is 12.5. The van der Waals surface area contributed by atoms with Crippen molar-refractivity contribution in [3.05, 3.63) is 114 Å². The van der Waals surface area contributed by atoms with E-state index in [1.807, 2.05) is 0 Å². The standard InChI is InChI=1S/C30H25N5O5S/c31-27(32)20-11-9-18(10-12-20)17-34-28(36)24-7-1-5-21-16-22(13-14-23(21)24)35-29(30(37)38)41(39,40)25-8-2-4-19-6-3-15-33-26(19)25/h1-16,29,35H,17H2,(H3,31,32)(H,34,36)(H,37,38). The number of nitrogens with two attached hydrogens (primary N) is 1. The van der Waals surface area contributed by atoms with Crippen LogP contribution in [0.2, 0.25) is 0 Å². The summed E-state index contributed by atoms with van der Waals surface area (Å²) in [6.07, 6.45) is 1.45. The van der Waals surface area contributed by atoms with E-state index in [9.17, 15) is 23.1 Å². The Morgan fingerprint density at radius 2 is 1.63 bits per heavy atom. The molecule has 206 valence electrons. The Bertz CT molecular complexity index is 1920. The molecule has 0 aliphatic carbocycles. The summed E-state index contributed by atoms with van der Waals surface area (Å²) in [7, 11) is -4.40.